The van der Waals surface area contributed by atoms with Crippen LogP contribution < -0.4 is 9.47 Å². The first-order chi connectivity index (χ1) is 13.3. The Morgan fingerprint density at radius 2 is 1.78 bits per heavy atom. The molecular formula is C23H24N2O2. The Labute approximate surface area is 160 Å². The molecule has 0 radical (unpaired) electrons. The van der Waals surface area contributed by atoms with Gasteiger partial charge in [-0.25, -0.2) is 0 Å². The van der Waals surface area contributed by atoms with Gasteiger partial charge in [-0.3, -0.25) is 9.97 Å². The van der Waals surface area contributed by atoms with E-state index in [1.807, 2.05) is 18.2 Å². The minimum atomic E-state index is 0.374. The summed E-state index contributed by atoms with van der Waals surface area (Å²) in [5.74, 6) is 1.62. The molecule has 138 valence electrons. The van der Waals surface area contributed by atoms with Gasteiger partial charge in [0.15, 0.2) is 0 Å². The molecule has 0 saturated carbocycles. The molecular weight excluding hydrogens is 336 g/mol. The van der Waals surface area contributed by atoms with Gasteiger partial charge in [0.2, 0.25) is 0 Å². The second-order valence-electron chi connectivity index (χ2n) is 6.86. The van der Waals surface area contributed by atoms with E-state index in [9.17, 15) is 0 Å². The molecule has 0 amide bonds. The maximum absolute atomic E-state index is 6.11. The van der Waals surface area contributed by atoms with Gasteiger partial charge in [-0.15, -0.1) is 0 Å². The largest absolute Gasteiger partial charge is 0.496 e. The Bertz CT molecular complexity index is 910. The van der Waals surface area contributed by atoms with Crippen LogP contribution in [0.1, 0.15) is 36.1 Å². The van der Waals surface area contributed by atoms with Crippen LogP contribution in [0.15, 0.2) is 55.0 Å². The maximum atomic E-state index is 6.11. The number of hydrogen-bond donors (Lipinski definition) is 0. The summed E-state index contributed by atoms with van der Waals surface area (Å²) < 4.78 is 11.8. The van der Waals surface area contributed by atoms with E-state index in [-0.39, 0.29) is 0 Å². The van der Waals surface area contributed by atoms with Crippen molar-refractivity contribution >= 4 is 0 Å². The fourth-order valence-corrected chi connectivity index (χ4v) is 3.71. The molecule has 1 aliphatic rings. The summed E-state index contributed by atoms with van der Waals surface area (Å²) in [5.41, 5.74) is 5.87. The van der Waals surface area contributed by atoms with Gasteiger partial charge in [-0.1, -0.05) is 30.7 Å². The number of benzene rings is 2. The maximum Gasteiger partial charge on any atom is 0.132 e. The molecule has 0 saturated heterocycles. The monoisotopic (exact) mass is 360 g/mol. The molecule has 4 rings (SSSR count). The van der Waals surface area contributed by atoms with Gasteiger partial charge in [0.05, 0.1) is 24.6 Å². The summed E-state index contributed by atoms with van der Waals surface area (Å²) in [5, 5.41) is 0. The van der Waals surface area contributed by atoms with Crippen LogP contribution in [-0.4, -0.2) is 17.1 Å². The highest BCUT2D eigenvalue weighted by Gasteiger charge is 2.16. The van der Waals surface area contributed by atoms with E-state index in [2.05, 4.69) is 28.2 Å². The minimum Gasteiger partial charge on any atom is -0.496 e. The normalized spacial score (nSPS) is 13.5. The number of nitrogens with zero attached hydrogens (tertiary/aromatic N) is 2. The lowest BCUT2D eigenvalue weighted by atomic mass is 9.95. The smallest absolute Gasteiger partial charge is 0.132 e. The lowest BCUT2D eigenvalue weighted by Gasteiger charge is -2.16. The molecule has 1 heterocycles. The van der Waals surface area contributed by atoms with Crippen molar-refractivity contribution in [2.24, 2.45) is 0 Å². The highest BCUT2D eigenvalue weighted by Crippen LogP contribution is 2.40. The third kappa shape index (κ3) is 3.95. The van der Waals surface area contributed by atoms with Gasteiger partial charge < -0.3 is 9.47 Å². The Morgan fingerprint density at radius 3 is 2.59 bits per heavy atom. The first-order valence-electron chi connectivity index (χ1n) is 9.52. The van der Waals surface area contributed by atoms with Gasteiger partial charge in [0, 0.05) is 12.4 Å². The van der Waals surface area contributed by atoms with E-state index < -0.39 is 0 Å². The average Bonchev–Trinajstić information content (AvgIpc) is 2.97. The summed E-state index contributed by atoms with van der Waals surface area (Å²) in [7, 11) is 1.70. The molecule has 1 aliphatic carbocycles. The molecule has 27 heavy (non-hydrogen) atoms. The summed E-state index contributed by atoms with van der Waals surface area (Å²) in [6.45, 7) is 0.374. The van der Waals surface area contributed by atoms with E-state index in [0.29, 0.717) is 6.61 Å². The molecule has 0 unspecified atom stereocenters. The van der Waals surface area contributed by atoms with Crippen molar-refractivity contribution in [2.75, 3.05) is 7.11 Å². The number of rotatable bonds is 5. The van der Waals surface area contributed by atoms with Crippen molar-refractivity contribution < 1.29 is 9.47 Å². The molecule has 1 aromatic heterocycles. The number of ether oxygens (including phenoxy) is 2. The van der Waals surface area contributed by atoms with Crippen molar-refractivity contribution in [1.29, 1.82) is 0 Å². The number of aromatic nitrogens is 2. The van der Waals surface area contributed by atoms with Crippen LogP contribution >= 0.6 is 0 Å². The first-order valence-corrected chi connectivity index (χ1v) is 9.52. The standard InChI is InChI=1S/C23H24N2O2/c1-26-21-8-5-9-22(27-16-20-15-24-12-13-25-20)23(21)19-11-10-17-6-3-2-4-7-18(17)14-19/h5,8-15H,2-4,6-7,16H2,1H3. The van der Waals surface area contributed by atoms with Crippen molar-refractivity contribution in [2.45, 2.75) is 38.7 Å². The number of methoxy groups -OCH3 is 1. The van der Waals surface area contributed by atoms with E-state index in [1.54, 1.807) is 25.7 Å². The quantitative estimate of drug-likeness (QED) is 0.601. The molecule has 0 aliphatic heterocycles. The Hall–Kier alpha value is -2.88. The van der Waals surface area contributed by atoms with Gasteiger partial charge in [-0.05, 0) is 54.5 Å². The zero-order chi connectivity index (χ0) is 18.5. The lowest BCUT2D eigenvalue weighted by Crippen LogP contribution is -2.01. The molecule has 0 atom stereocenters. The number of fused-ring (bicyclic) bond motifs is 1. The predicted octanol–water partition coefficient (Wildman–Crippen LogP) is 5.00. The van der Waals surface area contributed by atoms with Crippen LogP contribution in [0.25, 0.3) is 11.1 Å². The Balaban J connectivity index is 1.69. The predicted molar refractivity (Wildman–Crippen MR) is 106 cm³/mol. The Kier molecular flexibility index (Phi) is 5.33. The van der Waals surface area contributed by atoms with E-state index in [1.165, 1.54) is 36.8 Å². The molecule has 0 N–H and O–H groups in total. The van der Waals surface area contributed by atoms with Crippen LogP contribution in [-0.2, 0) is 19.4 Å². The minimum absolute atomic E-state index is 0.374. The molecule has 0 bridgehead atoms. The second kappa shape index (κ2) is 8.21. The SMILES string of the molecule is COc1cccc(OCc2cnccn2)c1-c1ccc2c(c1)CCCCC2. The van der Waals surface area contributed by atoms with Crippen molar-refractivity contribution in [3.05, 3.63) is 71.8 Å². The lowest BCUT2D eigenvalue weighted by molar-refractivity contribution is 0.300. The summed E-state index contributed by atoms with van der Waals surface area (Å²) in [6.07, 6.45) is 11.2. The van der Waals surface area contributed by atoms with Crippen molar-refractivity contribution in [3.8, 4) is 22.6 Å². The summed E-state index contributed by atoms with van der Waals surface area (Å²) >= 11 is 0. The summed E-state index contributed by atoms with van der Waals surface area (Å²) in [4.78, 5) is 8.39. The van der Waals surface area contributed by atoms with Gasteiger partial charge in [0.1, 0.15) is 18.1 Å². The molecule has 3 aromatic rings. The fourth-order valence-electron chi connectivity index (χ4n) is 3.71. The molecule has 4 nitrogen and oxygen atoms in total. The van der Waals surface area contributed by atoms with Crippen LogP contribution in [0.2, 0.25) is 0 Å². The third-order valence-electron chi connectivity index (χ3n) is 5.09. The third-order valence-corrected chi connectivity index (χ3v) is 5.09. The zero-order valence-corrected chi connectivity index (χ0v) is 15.6. The number of hydrogen-bond acceptors (Lipinski definition) is 4. The van der Waals surface area contributed by atoms with Gasteiger partial charge in [0.25, 0.3) is 0 Å². The zero-order valence-electron chi connectivity index (χ0n) is 15.6. The van der Waals surface area contributed by atoms with E-state index in [0.717, 1.165) is 34.7 Å². The molecule has 2 aromatic carbocycles. The van der Waals surface area contributed by atoms with E-state index in [4.69, 9.17) is 9.47 Å². The highest BCUT2D eigenvalue weighted by atomic mass is 16.5. The van der Waals surface area contributed by atoms with Crippen LogP contribution in [0.5, 0.6) is 11.5 Å². The van der Waals surface area contributed by atoms with E-state index >= 15 is 0 Å². The first kappa shape index (κ1) is 17.5. The van der Waals surface area contributed by atoms with Gasteiger partial charge >= 0.3 is 0 Å². The van der Waals surface area contributed by atoms with Crippen LogP contribution in [0.4, 0.5) is 0 Å². The van der Waals surface area contributed by atoms with Crippen LogP contribution in [0.3, 0.4) is 0 Å². The highest BCUT2D eigenvalue weighted by molar-refractivity contribution is 5.77. The van der Waals surface area contributed by atoms with Crippen molar-refractivity contribution in [1.82, 2.24) is 9.97 Å². The van der Waals surface area contributed by atoms with Crippen molar-refractivity contribution in [3.63, 3.8) is 0 Å². The van der Waals surface area contributed by atoms with Gasteiger partial charge in [-0.2, -0.15) is 0 Å². The molecule has 0 fully saturated rings. The fraction of sp³-hybridized carbons (Fsp3) is 0.304. The molecule has 0 spiro atoms. The number of aryl methyl sites for hydroxylation is 2. The second-order valence-corrected chi connectivity index (χ2v) is 6.86. The van der Waals surface area contributed by atoms with Crippen LogP contribution in [0, 0.1) is 0 Å². The topological polar surface area (TPSA) is 44.2 Å². The average molecular weight is 360 g/mol. The molecule has 4 heteroatoms. The summed E-state index contributed by atoms with van der Waals surface area (Å²) in [6, 6.07) is 12.7. The Morgan fingerprint density at radius 1 is 0.926 bits per heavy atom.